The van der Waals surface area contributed by atoms with Crippen LogP contribution in [-0.4, -0.2) is 17.3 Å². The van der Waals surface area contributed by atoms with Gasteiger partial charge in [-0.2, -0.15) is 0 Å². The minimum Gasteiger partial charge on any atom is -0.473 e. The third-order valence-corrected chi connectivity index (χ3v) is 5.51. The van der Waals surface area contributed by atoms with Crippen molar-refractivity contribution in [3.05, 3.63) is 108 Å². The first-order valence-electron chi connectivity index (χ1n) is 8.81. The van der Waals surface area contributed by atoms with Crippen molar-refractivity contribution in [3.8, 4) is 0 Å². The molecule has 4 rings (SSSR count). The van der Waals surface area contributed by atoms with Crippen LogP contribution in [0, 0.1) is 0 Å². The van der Waals surface area contributed by atoms with E-state index in [2.05, 4.69) is 76.6 Å². The van der Waals surface area contributed by atoms with Crippen LogP contribution in [0.2, 0.25) is 0 Å². The van der Waals surface area contributed by atoms with E-state index in [4.69, 9.17) is 9.73 Å². The molecule has 0 spiro atoms. The van der Waals surface area contributed by atoms with Gasteiger partial charge in [0.15, 0.2) is 0 Å². The molecule has 1 aliphatic rings. The van der Waals surface area contributed by atoms with E-state index in [1.54, 1.807) is 0 Å². The van der Waals surface area contributed by atoms with Crippen molar-refractivity contribution >= 4 is 21.8 Å². The molecule has 130 valence electrons. The summed E-state index contributed by atoms with van der Waals surface area (Å²) in [6.45, 7) is 0. The summed E-state index contributed by atoms with van der Waals surface area (Å²) >= 11 is 3.63. The van der Waals surface area contributed by atoms with Crippen LogP contribution >= 0.6 is 15.9 Å². The highest BCUT2D eigenvalue weighted by Gasteiger charge is 2.41. The van der Waals surface area contributed by atoms with Crippen molar-refractivity contribution in [2.45, 2.75) is 18.1 Å². The minimum atomic E-state index is -0.454. The summed E-state index contributed by atoms with van der Waals surface area (Å²) in [5.41, 5.74) is 2.93. The third kappa shape index (κ3) is 3.19. The van der Waals surface area contributed by atoms with Gasteiger partial charge in [0, 0.05) is 17.3 Å². The van der Waals surface area contributed by atoms with Gasteiger partial charge < -0.3 is 4.74 Å². The predicted molar refractivity (Wildman–Crippen MR) is 110 cm³/mol. The Hall–Kier alpha value is -2.39. The first kappa shape index (κ1) is 17.0. The fourth-order valence-corrected chi connectivity index (χ4v) is 3.89. The fourth-order valence-electron chi connectivity index (χ4n) is 3.53. The van der Waals surface area contributed by atoms with Crippen LogP contribution in [0.15, 0.2) is 96.0 Å². The van der Waals surface area contributed by atoms with Gasteiger partial charge in [-0.25, -0.2) is 4.99 Å². The van der Waals surface area contributed by atoms with Gasteiger partial charge in [0.25, 0.3) is 0 Å². The van der Waals surface area contributed by atoms with Crippen molar-refractivity contribution < 1.29 is 4.74 Å². The number of ether oxygens (including phenoxy) is 1. The fraction of sp³-hybridized carbons (Fsp3) is 0.174. The molecule has 3 aromatic carbocycles. The largest absolute Gasteiger partial charge is 0.473 e. The monoisotopic (exact) mass is 405 g/mol. The Morgan fingerprint density at radius 1 is 0.808 bits per heavy atom. The van der Waals surface area contributed by atoms with Crippen LogP contribution in [0.25, 0.3) is 0 Å². The van der Waals surface area contributed by atoms with Gasteiger partial charge >= 0.3 is 0 Å². The smallest absolute Gasteiger partial charge is 0.217 e. The molecule has 0 bridgehead atoms. The van der Waals surface area contributed by atoms with E-state index >= 15 is 0 Å². The average molecular weight is 406 g/mol. The molecule has 0 N–H and O–H groups in total. The molecule has 3 heteroatoms. The summed E-state index contributed by atoms with van der Waals surface area (Å²) in [5.74, 6) is 0.703. The molecule has 1 aliphatic heterocycles. The summed E-state index contributed by atoms with van der Waals surface area (Å²) in [6.07, 6.45) is 0.839. The van der Waals surface area contributed by atoms with Crippen LogP contribution < -0.4 is 0 Å². The molecular weight excluding hydrogens is 386 g/mol. The van der Waals surface area contributed by atoms with Gasteiger partial charge in [0.2, 0.25) is 5.90 Å². The van der Waals surface area contributed by atoms with Crippen LogP contribution in [0.5, 0.6) is 0 Å². The van der Waals surface area contributed by atoms with Gasteiger partial charge in [0.05, 0.1) is 0 Å². The zero-order valence-electron chi connectivity index (χ0n) is 14.4. The third-order valence-electron chi connectivity index (χ3n) is 4.79. The van der Waals surface area contributed by atoms with Crippen molar-refractivity contribution in [1.82, 2.24) is 0 Å². The van der Waals surface area contributed by atoms with E-state index in [0.29, 0.717) is 5.90 Å². The SMILES string of the molecule is BrCC1CC(c2ccccc2)(c2ccccc2)N=C(c2ccccc2)O1. The van der Waals surface area contributed by atoms with E-state index in [0.717, 1.165) is 17.3 Å². The van der Waals surface area contributed by atoms with E-state index < -0.39 is 5.54 Å². The lowest BCUT2D eigenvalue weighted by Crippen LogP contribution is -2.39. The molecule has 1 unspecified atom stereocenters. The zero-order valence-corrected chi connectivity index (χ0v) is 16.0. The highest BCUT2D eigenvalue weighted by molar-refractivity contribution is 9.09. The topological polar surface area (TPSA) is 21.6 Å². The van der Waals surface area contributed by atoms with Gasteiger partial charge in [-0.1, -0.05) is 94.8 Å². The Labute approximate surface area is 162 Å². The Bertz CT molecular complexity index is 838. The number of benzene rings is 3. The second-order valence-electron chi connectivity index (χ2n) is 6.47. The van der Waals surface area contributed by atoms with E-state index in [1.807, 2.05) is 30.3 Å². The Balaban J connectivity index is 1.94. The number of hydrogen-bond acceptors (Lipinski definition) is 2. The number of halogens is 1. The minimum absolute atomic E-state index is 0.0446. The summed E-state index contributed by atoms with van der Waals surface area (Å²) in [6, 6.07) is 31.2. The summed E-state index contributed by atoms with van der Waals surface area (Å²) in [7, 11) is 0. The normalized spacial score (nSPS) is 18.7. The Kier molecular flexibility index (Phi) is 4.89. The van der Waals surface area contributed by atoms with E-state index in [1.165, 1.54) is 11.1 Å². The molecule has 0 saturated heterocycles. The second-order valence-corrected chi connectivity index (χ2v) is 7.12. The molecule has 1 heterocycles. The van der Waals surface area contributed by atoms with Gasteiger partial charge in [-0.3, -0.25) is 0 Å². The number of nitrogens with zero attached hydrogens (tertiary/aromatic N) is 1. The molecule has 1 atom stereocenters. The molecule has 0 aliphatic carbocycles. The molecule has 2 nitrogen and oxygen atoms in total. The van der Waals surface area contributed by atoms with Gasteiger partial charge in [-0.05, 0) is 23.3 Å². The number of hydrogen-bond donors (Lipinski definition) is 0. The number of alkyl halides is 1. The van der Waals surface area contributed by atoms with Gasteiger partial charge in [0.1, 0.15) is 11.6 Å². The highest BCUT2D eigenvalue weighted by Crippen LogP contribution is 2.42. The molecule has 0 saturated carbocycles. The molecule has 0 radical (unpaired) electrons. The van der Waals surface area contributed by atoms with Crippen LogP contribution in [-0.2, 0) is 10.3 Å². The van der Waals surface area contributed by atoms with Crippen molar-refractivity contribution in [3.63, 3.8) is 0 Å². The lowest BCUT2D eigenvalue weighted by Gasteiger charge is -2.39. The molecule has 0 aromatic heterocycles. The number of aliphatic imine (C=N–C) groups is 1. The van der Waals surface area contributed by atoms with Gasteiger partial charge in [-0.15, -0.1) is 0 Å². The lowest BCUT2D eigenvalue weighted by molar-refractivity contribution is 0.151. The van der Waals surface area contributed by atoms with Crippen LogP contribution in [0.1, 0.15) is 23.1 Å². The number of rotatable bonds is 4. The molecular formula is C23H20BrNO. The van der Waals surface area contributed by atoms with Crippen LogP contribution in [0.4, 0.5) is 0 Å². The van der Waals surface area contributed by atoms with Crippen molar-refractivity contribution in [1.29, 1.82) is 0 Å². The van der Waals surface area contributed by atoms with E-state index in [-0.39, 0.29) is 6.10 Å². The lowest BCUT2D eigenvalue weighted by atomic mass is 9.78. The predicted octanol–water partition coefficient (Wildman–Crippen LogP) is 5.56. The molecule has 0 amide bonds. The zero-order chi connectivity index (χ0) is 17.8. The maximum absolute atomic E-state index is 6.22. The highest BCUT2D eigenvalue weighted by atomic mass is 79.9. The summed E-state index contributed by atoms with van der Waals surface area (Å²) in [5, 5.41) is 0.764. The molecule has 3 aromatic rings. The van der Waals surface area contributed by atoms with E-state index in [9.17, 15) is 0 Å². The second kappa shape index (κ2) is 7.46. The maximum Gasteiger partial charge on any atom is 0.217 e. The maximum atomic E-state index is 6.22. The first-order valence-corrected chi connectivity index (χ1v) is 9.93. The summed E-state index contributed by atoms with van der Waals surface area (Å²) < 4.78 is 6.22. The first-order chi connectivity index (χ1) is 12.8. The summed E-state index contributed by atoms with van der Waals surface area (Å²) in [4.78, 5) is 5.20. The standard InChI is InChI=1S/C23H20BrNO/c24-17-21-16-23(19-12-6-2-7-13-19,20-14-8-3-9-15-20)25-22(26-21)18-10-4-1-5-11-18/h1-15,21H,16-17H2. The van der Waals surface area contributed by atoms with Crippen molar-refractivity contribution in [2.75, 3.05) is 5.33 Å². The quantitative estimate of drug-likeness (QED) is 0.520. The Morgan fingerprint density at radius 2 is 1.31 bits per heavy atom. The molecule has 26 heavy (non-hydrogen) atoms. The van der Waals surface area contributed by atoms with Crippen LogP contribution in [0.3, 0.4) is 0 Å². The van der Waals surface area contributed by atoms with Crippen molar-refractivity contribution in [2.24, 2.45) is 4.99 Å². The Morgan fingerprint density at radius 3 is 1.81 bits per heavy atom. The molecule has 0 fully saturated rings. The average Bonchev–Trinajstić information content (AvgIpc) is 2.75.